The third-order valence-electron chi connectivity index (χ3n) is 6.79. The number of hydrogen-bond acceptors (Lipinski definition) is 2. The normalized spacial score (nSPS) is 23.7. The quantitative estimate of drug-likeness (QED) is 0.620. The summed E-state index contributed by atoms with van der Waals surface area (Å²) in [7, 11) is 0. The van der Waals surface area contributed by atoms with Crippen LogP contribution in [0.3, 0.4) is 0 Å². The van der Waals surface area contributed by atoms with Crippen LogP contribution in [-0.4, -0.2) is 17.0 Å². The fourth-order valence-corrected chi connectivity index (χ4v) is 5.71. The lowest BCUT2D eigenvalue weighted by Crippen LogP contribution is -2.49. The lowest BCUT2D eigenvalue weighted by molar-refractivity contribution is -0.119. The molecule has 0 spiro atoms. The predicted molar refractivity (Wildman–Crippen MR) is 127 cm³/mol. The molecule has 0 unspecified atom stereocenters. The minimum atomic E-state index is -0.320. The van der Waals surface area contributed by atoms with Crippen LogP contribution < -0.4 is 10.2 Å². The number of amides is 1. The smallest absolute Gasteiger partial charge is 0.227 e. The Morgan fingerprint density at radius 2 is 1.77 bits per heavy atom. The third kappa shape index (κ3) is 3.15. The molecule has 0 bridgehead atoms. The molecule has 3 nitrogen and oxygen atoms in total. The van der Waals surface area contributed by atoms with Gasteiger partial charge in [-0.3, -0.25) is 4.79 Å². The van der Waals surface area contributed by atoms with Crippen LogP contribution in [0.5, 0.6) is 0 Å². The summed E-state index contributed by atoms with van der Waals surface area (Å²) in [6, 6.07) is 15.4. The van der Waals surface area contributed by atoms with E-state index in [1.807, 2.05) is 11.8 Å². The molecule has 1 atom stereocenters. The summed E-state index contributed by atoms with van der Waals surface area (Å²) in [6.45, 7) is 15.2. The summed E-state index contributed by atoms with van der Waals surface area (Å²) in [6.07, 6.45) is 3.74. The maximum absolute atomic E-state index is 12.8. The SMILES string of the molecule is CCC(=O)N1c2ccc([C@]3(C)CC(C)(C)Nc4ccccc43)cc2C(C)=CC1(C)C. The molecule has 2 aromatic rings. The van der Waals surface area contributed by atoms with Crippen LogP contribution in [0.25, 0.3) is 5.57 Å². The Balaban J connectivity index is 1.90. The highest BCUT2D eigenvalue weighted by atomic mass is 16.2. The lowest BCUT2D eigenvalue weighted by Gasteiger charge is -2.46. The molecular weight excluding hydrogens is 368 g/mol. The number of nitrogens with zero attached hydrogens (tertiary/aromatic N) is 1. The minimum absolute atomic E-state index is 0.00388. The van der Waals surface area contributed by atoms with Crippen molar-refractivity contribution in [2.75, 3.05) is 10.2 Å². The number of benzene rings is 2. The number of anilines is 2. The van der Waals surface area contributed by atoms with Crippen molar-refractivity contribution < 1.29 is 4.79 Å². The van der Waals surface area contributed by atoms with Crippen LogP contribution in [-0.2, 0) is 10.2 Å². The van der Waals surface area contributed by atoms with Gasteiger partial charge in [-0.2, -0.15) is 0 Å². The van der Waals surface area contributed by atoms with Gasteiger partial charge in [0, 0.05) is 28.6 Å². The third-order valence-corrected chi connectivity index (χ3v) is 6.79. The summed E-state index contributed by atoms with van der Waals surface area (Å²) in [5.74, 6) is 0.164. The Labute approximate surface area is 181 Å². The number of para-hydroxylation sites is 1. The van der Waals surface area contributed by atoms with Gasteiger partial charge in [0.05, 0.1) is 11.2 Å². The zero-order chi connectivity index (χ0) is 21.9. The first-order valence-corrected chi connectivity index (χ1v) is 11.0. The highest BCUT2D eigenvalue weighted by molar-refractivity contribution is 6.00. The molecule has 0 fully saturated rings. The van der Waals surface area contributed by atoms with Crippen molar-refractivity contribution in [2.24, 2.45) is 0 Å². The minimum Gasteiger partial charge on any atom is -0.380 e. The van der Waals surface area contributed by atoms with Crippen LogP contribution in [0.1, 0.15) is 78.0 Å². The van der Waals surface area contributed by atoms with E-state index in [1.54, 1.807) is 0 Å². The number of hydrogen-bond donors (Lipinski definition) is 1. The molecule has 2 aliphatic rings. The molecule has 2 aliphatic heterocycles. The van der Waals surface area contributed by atoms with E-state index in [0.717, 1.165) is 12.1 Å². The summed E-state index contributed by atoms with van der Waals surface area (Å²) < 4.78 is 0. The summed E-state index contributed by atoms with van der Waals surface area (Å²) in [5.41, 5.74) is 6.86. The van der Waals surface area contributed by atoms with Crippen molar-refractivity contribution in [3.63, 3.8) is 0 Å². The molecule has 2 heterocycles. The molecule has 0 saturated carbocycles. The molecule has 30 heavy (non-hydrogen) atoms. The highest BCUT2D eigenvalue weighted by Crippen LogP contribution is 2.49. The van der Waals surface area contributed by atoms with Crippen molar-refractivity contribution in [3.05, 3.63) is 65.2 Å². The number of allylic oxidation sites excluding steroid dienone is 1. The molecule has 0 aliphatic carbocycles. The Kier molecular flexibility index (Phi) is 4.65. The fourth-order valence-electron chi connectivity index (χ4n) is 5.71. The van der Waals surface area contributed by atoms with Gasteiger partial charge in [-0.25, -0.2) is 0 Å². The van der Waals surface area contributed by atoms with Crippen molar-refractivity contribution in [1.82, 2.24) is 0 Å². The number of carbonyl (C=O) groups is 1. The molecule has 4 rings (SSSR count). The van der Waals surface area contributed by atoms with Gasteiger partial charge < -0.3 is 10.2 Å². The Morgan fingerprint density at radius 3 is 2.47 bits per heavy atom. The van der Waals surface area contributed by atoms with Crippen LogP contribution in [0, 0.1) is 0 Å². The van der Waals surface area contributed by atoms with Gasteiger partial charge in [0.2, 0.25) is 5.91 Å². The molecule has 2 aromatic carbocycles. The largest absolute Gasteiger partial charge is 0.380 e. The standard InChI is InChI=1S/C27H34N2O/c1-8-24(30)29-23-14-13-19(15-20(23)18(2)16-26(29,5)6)27(7)17-25(3,4)28-22-12-10-9-11-21(22)27/h9-16,28H,8,17H2,1-7H3/t27-/m0/s1. The van der Waals surface area contributed by atoms with Crippen LogP contribution in [0.15, 0.2) is 48.5 Å². The molecule has 0 saturated heterocycles. The first kappa shape index (κ1) is 20.7. The molecule has 1 amide bonds. The van der Waals surface area contributed by atoms with Crippen molar-refractivity contribution in [2.45, 2.75) is 77.8 Å². The fraction of sp³-hybridized carbons (Fsp3) is 0.444. The maximum Gasteiger partial charge on any atom is 0.227 e. The topological polar surface area (TPSA) is 32.3 Å². The van der Waals surface area contributed by atoms with E-state index < -0.39 is 0 Å². The zero-order valence-corrected chi connectivity index (χ0v) is 19.4. The summed E-state index contributed by atoms with van der Waals surface area (Å²) in [4.78, 5) is 14.8. The molecule has 0 aromatic heterocycles. The molecule has 0 radical (unpaired) electrons. The van der Waals surface area contributed by atoms with Gasteiger partial charge in [-0.05, 0) is 75.9 Å². The second kappa shape index (κ2) is 6.73. The van der Waals surface area contributed by atoms with E-state index >= 15 is 0 Å². The second-order valence-electron chi connectivity index (χ2n) is 10.4. The van der Waals surface area contributed by atoms with E-state index in [-0.39, 0.29) is 22.4 Å². The van der Waals surface area contributed by atoms with Gasteiger partial charge in [0.1, 0.15) is 0 Å². The van der Waals surface area contributed by atoms with Crippen molar-refractivity contribution in [1.29, 1.82) is 0 Å². The Morgan fingerprint density at radius 1 is 1.07 bits per heavy atom. The lowest BCUT2D eigenvalue weighted by atomic mass is 9.65. The average molecular weight is 403 g/mol. The number of fused-ring (bicyclic) bond motifs is 2. The highest BCUT2D eigenvalue weighted by Gasteiger charge is 2.42. The van der Waals surface area contributed by atoms with Crippen molar-refractivity contribution in [3.8, 4) is 0 Å². The van der Waals surface area contributed by atoms with Gasteiger partial charge in [0.15, 0.2) is 0 Å². The van der Waals surface area contributed by atoms with E-state index in [9.17, 15) is 4.79 Å². The number of rotatable bonds is 2. The van der Waals surface area contributed by atoms with Gasteiger partial charge in [-0.15, -0.1) is 0 Å². The monoisotopic (exact) mass is 402 g/mol. The van der Waals surface area contributed by atoms with E-state index in [0.29, 0.717) is 6.42 Å². The zero-order valence-electron chi connectivity index (χ0n) is 19.4. The summed E-state index contributed by atoms with van der Waals surface area (Å²) >= 11 is 0. The van der Waals surface area contributed by atoms with Gasteiger partial charge >= 0.3 is 0 Å². The second-order valence-corrected chi connectivity index (χ2v) is 10.4. The van der Waals surface area contributed by atoms with Crippen LogP contribution >= 0.6 is 0 Å². The molecule has 158 valence electrons. The number of carbonyl (C=O) groups excluding carboxylic acids is 1. The van der Waals surface area contributed by atoms with Crippen LogP contribution in [0.2, 0.25) is 0 Å². The van der Waals surface area contributed by atoms with Gasteiger partial charge in [0.25, 0.3) is 0 Å². The Hall–Kier alpha value is -2.55. The van der Waals surface area contributed by atoms with Crippen LogP contribution in [0.4, 0.5) is 11.4 Å². The first-order valence-electron chi connectivity index (χ1n) is 11.0. The van der Waals surface area contributed by atoms with E-state index in [4.69, 9.17) is 0 Å². The Bertz CT molecular complexity index is 1050. The first-order chi connectivity index (χ1) is 14.0. The molecule has 1 N–H and O–H groups in total. The molecular formula is C27H34N2O. The van der Waals surface area contributed by atoms with Gasteiger partial charge in [-0.1, -0.05) is 44.2 Å². The predicted octanol–water partition coefficient (Wildman–Crippen LogP) is 6.53. The average Bonchev–Trinajstić information content (AvgIpc) is 2.66. The van der Waals surface area contributed by atoms with E-state index in [2.05, 4.69) is 95.4 Å². The maximum atomic E-state index is 12.8. The van der Waals surface area contributed by atoms with E-state index in [1.165, 1.54) is 28.0 Å². The number of nitrogens with one attached hydrogen (secondary N) is 1. The summed E-state index contributed by atoms with van der Waals surface area (Å²) in [5, 5.41) is 3.71. The van der Waals surface area contributed by atoms with Crippen molar-refractivity contribution >= 4 is 22.9 Å². The molecule has 3 heteroatoms.